The van der Waals surface area contributed by atoms with Gasteiger partial charge in [0.1, 0.15) is 0 Å². The number of ether oxygens (including phenoxy) is 1. The Labute approximate surface area is 103 Å². The lowest BCUT2D eigenvalue weighted by Gasteiger charge is -2.13. The number of aliphatic hydroxyl groups is 1. The van der Waals surface area contributed by atoms with E-state index < -0.39 is 12.2 Å². The van der Waals surface area contributed by atoms with E-state index in [1.807, 2.05) is 0 Å². The lowest BCUT2D eigenvalue weighted by molar-refractivity contribution is -0.276. The molecule has 0 fully saturated rings. The van der Waals surface area contributed by atoms with Gasteiger partial charge >= 0.3 is 6.36 Å². The van der Waals surface area contributed by atoms with Gasteiger partial charge in [-0.25, -0.2) is 4.98 Å². The van der Waals surface area contributed by atoms with Crippen LogP contribution in [0.5, 0.6) is 5.88 Å². The summed E-state index contributed by atoms with van der Waals surface area (Å²) in [4.78, 5) is 3.48. The van der Waals surface area contributed by atoms with Crippen molar-refractivity contribution in [1.29, 1.82) is 0 Å². The zero-order valence-electron chi connectivity index (χ0n) is 7.88. The van der Waals surface area contributed by atoms with Gasteiger partial charge in [-0.3, -0.25) is 0 Å². The van der Waals surface area contributed by atoms with E-state index in [9.17, 15) is 13.2 Å². The lowest BCUT2D eigenvalue weighted by atomic mass is 10.1. The van der Waals surface area contributed by atoms with Crippen molar-refractivity contribution >= 4 is 22.6 Å². The van der Waals surface area contributed by atoms with Crippen molar-refractivity contribution in [2.45, 2.75) is 19.5 Å². The normalized spacial score (nSPS) is 11.6. The van der Waals surface area contributed by atoms with Crippen molar-refractivity contribution in [1.82, 2.24) is 4.98 Å². The fraction of sp³-hybridized carbons (Fsp3) is 0.375. The van der Waals surface area contributed by atoms with Crippen molar-refractivity contribution in [2.75, 3.05) is 0 Å². The highest BCUT2D eigenvalue weighted by Gasteiger charge is 2.33. The number of aliphatic hydroxyl groups excluding tert-OH is 1. The maximum absolute atomic E-state index is 12.0. The van der Waals surface area contributed by atoms with Crippen LogP contribution in [0.1, 0.15) is 11.1 Å². The van der Waals surface area contributed by atoms with E-state index in [1.54, 1.807) is 22.6 Å². The first-order chi connectivity index (χ1) is 7.39. The summed E-state index contributed by atoms with van der Waals surface area (Å²) in [5.41, 5.74) is 6.17. The minimum atomic E-state index is -4.79. The minimum Gasteiger partial charge on any atom is -0.392 e. The van der Waals surface area contributed by atoms with Crippen LogP contribution in [0.15, 0.2) is 6.20 Å². The topological polar surface area (TPSA) is 68.4 Å². The summed E-state index contributed by atoms with van der Waals surface area (Å²) in [6.07, 6.45) is -3.68. The average molecular weight is 348 g/mol. The van der Waals surface area contributed by atoms with Gasteiger partial charge in [0.25, 0.3) is 0 Å². The van der Waals surface area contributed by atoms with Gasteiger partial charge in [-0.1, -0.05) is 0 Å². The molecule has 8 heteroatoms. The molecule has 90 valence electrons. The quantitative estimate of drug-likeness (QED) is 0.814. The molecule has 1 heterocycles. The van der Waals surface area contributed by atoms with Gasteiger partial charge in [-0.2, -0.15) is 0 Å². The third-order valence-corrected chi connectivity index (χ3v) is 2.88. The van der Waals surface area contributed by atoms with Gasteiger partial charge in [-0.05, 0) is 28.2 Å². The second-order valence-corrected chi connectivity index (χ2v) is 3.87. The van der Waals surface area contributed by atoms with Crippen LogP contribution < -0.4 is 10.5 Å². The number of nitrogens with two attached hydrogens (primary N) is 1. The first-order valence-corrected chi connectivity index (χ1v) is 5.19. The Balaban J connectivity index is 3.14. The number of aromatic nitrogens is 1. The fourth-order valence-corrected chi connectivity index (χ4v) is 1.89. The van der Waals surface area contributed by atoms with Crippen LogP contribution in [0.4, 0.5) is 13.2 Å². The van der Waals surface area contributed by atoms with Crippen molar-refractivity contribution in [2.24, 2.45) is 5.73 Å². The Morgan fingerprint density at radius 1 is 1.50 bits per heavy atom. The van der Waals surface area contributed by atoms with E-state index in [2.05, 4.69) is 9.72 Å². The third-order valence-electron chi connectivity index (χ3n) is 1.76. The van der Waals surface area contributed by atoms with E-state index in [4.69, 9.17) is 10.8 Å². The summed E-state index contributed by atoms with van der Waals surface area (Å²) >= 11 is 1.65. The van der Waals surface area contributed by atoms with E-state index >= 15 is 0 Å². The second-order valence-electron chi connectivity index (χ2n) is 2.79. The van der Waals surface area contributed by atoms with Gasteiger partial charge in [0.05, 0.1) is 10.2 Å². The molecule has 0 unspecified atom stereocenters. The van der Waals surface area contributed by atoms with E-state index in [1.165, 1.54) is 0 Å². The molecule has 0 aliphatic rings. The molecule has 0 bridgehead atoms. The molecule has 0 saturated carbocycles. The molecule has 0 aliphatic heterocycles. The van der Waals surface area contributed by atoms with Gasteiger partial charge in [0.15, 0.2) is 0 Å². The largest absolute Gasteiger partial charge is 0.574 e. The number of halogens is 4. The summed E-state index contributed by atoms with van der Waals surface area (Å²) < 4.78 is 39.9. The van der Waals surface area contributed by atoms with Gasteiger partial charge in [0.2, 0.25) is 5.88 Å². The first-order valence-electron chi connectivity index (χ1n) is 4.12. The molecule has 0 atom stereocenters. The molecule has 1 rings (SSSR count). The van der Waals surface area contributed by atoms with Crippen LogP contribution in [-0.2, 0) is 13.2 Å². The number of pyridine rings is 1. The van der Waals surface area contributed by atoms with E-state index in [-0.39, 0.29) is 16.7 Å². The predicted octanol–water partition coefficient (Wildman–Crippen LogP) is 1.54. The Hall–Kier alpha value is -0.610. The number of nitrogens with zero attached hydrogens (tertiary/aromatic N) is 1. The Bertz CT molecular complexity index is 384. The fourth-order valence-electron chi connectivity index (χ4n) is 1.08. The van der Waals surface area contributed by atoms with E-state index in [0.29, 0.717) is 11.1 Å². The van der Waals surface area contributed by atoms with Crippen LogP contribution in [0, 0.1) is 3.57 Å². The summed E-state index contributed by atoms with van der Waals surface area (Å²) in [5.74, 6) is -0.550. The molecule has 0 aliphatic carbocycles. The standard InChI is InChI=1S/C8H8F3IN2O2/c9-8(10,11)16-7-6(12)5(1-13)4(3-15)2-14-7/h2,15H,1,3,13H2. The summed E-state index contributed by atoms with van der Waals surface area (Å²) in [5, 5.41) is 8.94. The average Bonchev–Trinajstić information content (AvgIpc) is 2.19. The highest BCUT2D eigenvalue weighted by atomic mass is 127. The number of hydrogen-bond acceptors (Lipinski definition) is 4. The smallest absolute Gasteiger partial charge is 0.392 e. The van der Waals surface area contributed by atoms with Crippen molar-refractivity contribution in [3.63, 3.8) is 0 Å². The molecule has 0 aromatic carbocycles. The van der Waals surface area contributed by atoms with Crippen LogP contribution in [0.25, 0.3) is 0 Å². The zero-order valence-corrected chi connectivity index (χ0v) is 10.0. The number of alkyl halides is 3. The maximum atomic E-state index is 12.0. The van der Waals surface area contributed by atoms with Crippen molar-refractivity contribution in [3.05, 3.63) is 20.9 Å². The monoisotopic (exact) mass is 348 g/mol. The molecule has 4 nitrogen and oxygen atoms in total. The summed E-state index contributed by atoms with van der Waals surface area (Å²) in [7, 11) is 0. The molecule has 16 heavy (non-hydrogen) atoms. The first kappa shape index (κ1) is 13.5. The van der Waals surface area contributed by atoms with Gasteiger partial charge in [0, 0.05) is 18.3 Å². The van der Waals surface area contributed by atoms with E-state index in [0.717, 1.165) is 6.20 Å². The van der Waals surface area contributed by atoms with Crippen LogP contribution in [-0.4, -0.2) is 16.5 Å². The lowest BCUT2D eigenvalue weighted by Crippen LogP contribution is -2.20. The van der Waals surface area contributed by atoms with Crippen LogP contribution in [0.3, 0.4) is 0 Å². The molecule has 0 saturated heterocycles. The van der Waals surface area contributed by atoms with Crippen LogP contribution >= 0.6 is 22.6 Å². The third kappa shape index (κ3) is 3.19. The summed E-state index contributed by atoms with van der Waals surface area (Å²) in [6.45, 7) is -0.327. The molecule has 1 aromatic rings. The number of hydrogen-bond donors (Lipinski definition) is 2. The second kappa shape index (κ2) is 5.15. The SMILES string of the molecule is NCc1c(CO)cnc(OC(F)(F)F)c1I. The summed E-state index contributed by atoms with van der Waals surface area (Å²) in [6, 6.07) is 0. The minimum absolute atomic E-state index is 0.00486. The highest BCUT2D eigenvalue weighted by Crippen LogP contribution is 2.29. The molecule has 1 aromatic heterocycles. The van der Waals surface area contributed by atoms with Crippen molar-refractivity contribution in [3.8, 4) is 5.88 Å². The highest BCUT2D eigenvalue weighted by molar-refractivity contribution is 14.1. The Morgan fingerprint density at radius 2 is 2.12 bits per heavy atom. The Morgan fingerprint density at radius 3 is 2.56 bits per heavy atom. The number of rotatable bonds is 3. The van der Waals surface area contributed by atoms with Gasteiger partial charge < -0.3 is 15.6 Å². The molecule has 3 N–H and O–H groups in total. The van der Waals surface area contributed by atoms with Crippen molar-refractivity contribution < 1.29 is 23.0 Å². The van der Waals surface area contributed by atoms with Gasteiger partial charge in [-0.15, -0.1) is 13.2 Å². The molecule has 0 radical (unpaired) electrons. The molecular formula is C8H8F3IN2O2. The maximum Gasteiger partial charge on any atom is 0.574 e. The zero-order chi connectivity index (χ0) is 12.3. The predicted molar refractivity (Wildman–Crippen MR) is 57.5 cm³/mol. The van der Waals surface area contributed by atoms with Crippen LogP contribution in [0.2, 0.25) is 0 Å². The molecular weight excluding hydrogens is 340 g/mol. The molecule has 0 amide bonds. The molecule has 0 spiro atoms. The Kier molecular flexibility index (Phi) is 4.33.